The molecule has 1 heterocycles. The van der Waals surface area contributed by atoms with Crippen LogP contribution < -0.4 is 5.32 Å². The number of amides is 1. The predicted octanol–water partition coefficient (Wildman–Crippen LogP) is 6.71. The van der Waals surface area contributed by atoms with Gasteiger partial charge in [-0.05, 0) is 118 Å². The Labute approximate surface area is 285 Å². The maximum absolute atomic E-state index is 13.8. The smallest absolute Gasteiger partial charge is 0.368 e. The zero-order valence-electron chi connectivity index (χ0n) is 32.3. The molecule has 0 saturated heterocycles. The van der Waals surface area contributed by atoms with E-state index < -0.39 is 86.0 Å². The highest BCUT2D eigenvalue weighted by atomic mass is 28.4. The Morgan fingerprint density at radius 1 is 0.717 bits per heavy atom. The van der Waals surface area contributed by atoms with Crippen molar-refractivity contribution in [1.82, 2.24) is 5.32 Å². The summed E-state index contributed by atoms with van der Waals surface area (Å²) in [6.45, 7) is 39.0. The number of nitrogens with one attached hydrogen (secondary N) is 1. The van der Waals surface area contributed by atoms with Gasteiger partial charge < -0.3 is 36.7 Å². The summed E-state index contributed by atoms with van der Waals surface area (Å²) in [5.74, 6) is -2.64. The molecule has 0 aromatic carbocycles. The van der Waals surface area contributed by atoms with Crippen molar-refractivity contribution in [3.63, 3.8) is 0 Å². The number of carbonyl (C=O) groups excluding carboxylic acids is 2. The fourth-order valence-electron chi connectivity index (χ4n) is 4.71. The standard InChI is InChI=1S/C29H66N2O9Si6/c1-22(32)30-25(23-20-29(39-31-23,40-46(17,18)19)28(33)38-45(14,15)16)27(37-44(11,12)13)26(36-43(8,9)10)24(35-42(5,6)7)21-34-41(2,3)4/h24-27H,20-21H2,1-19H3,(H,30,32)/t24-,25-,26-,27-,29?/m1/s1. The Hall–Kier alpha value is -0.489. The summed E-state index contributed by atoms with van der Waals surface area (Å²) in [4.78, 5) is 32.7. The lowest BCUT2D eigenvalue weighted by molar-refractivity contribution is -0.204. The lowest BCUT2D eigenvalue weighted by atomic mass is 9.94. The average Bonchev–Trinajstić information content (AvgIpc) is 3.17. The molecule has 0 bridgehead atoms. The first-order valence-electron chi connectivity index (χ1n) is 16.3. The van der Waals surface area contributed by atoms with Crippen molar-refractivity contribution in [3.05, 3.63) is 0 Å². The molecule has 11 nitrogen and oxygen atoms in total. The third kappa shape index (κ3) is 16.8. The van der Waals surface area contributed by atoms with Crippen LogP contribution in [0, 0.1) is 0 Å². The fourth-order valence-corrected chi connectivity index (χ4v) is 10.6. The maximum Gasteiger partial charge on any atom is 0.368 e. The molecule has 0 saturated carbocycles. The van der Waals surface area contributed by atoms with Crippen LogP contribution in [0.1, 0.15) is 13.3 Å². The lowest BCUT2D eigenvalue weighted by Crippen LogP contribution is -2.63. The molecule has 5 atom stereocenters. The lowest BCUT2D eigenvalue weighted by Gasteiger charge is -2.45. The first kappa shape index (κ1) is 43.5. The van der Waals surface area contributed by atoms with Gasteiger partial charge in [0.25, 0.3) is 0 Å². The van der Waals surface area contributed by atoms with E-state index in [1.54, 1.807) is 0 Å². The molecule has 1 amide bonds. The summed E-state index contributed by atoms with van der Waals surface area (Å²) in [6.07, 6.45) is -1.86. The number of rotatable bonds is 18. The van der Waals surface area contributed by atoms with Crippen LogP contribution in [0.4, 0.5) is 0 Å². The SMILES string of the molecule is CC(=O)N[C@H](C1=NOC(O[Si](C)(C)C)(C(=O)O[Si](C)(C)C)C1)[C@@H](O[Si](C)(C)C)[C@H](O[Si](C)(C)C)[C@@H](CO[Si](C)(C)C)O[Si](C)(C)C. The normalized spacial score (nSPS) is 21.2. The molecule has 0 aromatic rings. The first-order chi connectivity index (χ1) is 20.2. The second-order valence-electron chi connectivity index (χ2n) is 18.1. The summed E-state index contributed by atoms with van der Waals surface area (Å²) in [6, 6.07) is -0.808. The molecule has 17 heteroatoms. The number of nitrogens with zero attached hydrogens (tertiary/aromatic N) is 1. The highest BCUT2D eigenvalue weighted by molar-refractivity contribution is 6.72. The minimum Gasteiger partial charge on any atom is -0.515 e. The number of hydrogen-bond acceptors (Lipinski definition) is 10. The van der Waals surface area contributed by atoms with Crippen LogP contribution in [0.5, 0.6) is 0 Å². The van der Waals surface area contributed by atoms with Gasteiger partial charge in [-0.1, -0.05) is 5.16 Å². The van der Waals surface area contributed by atoms with E-state index in [1.165, 1.54) is 6.92 Å². The largest absolute Gasteiger partial charge is 0.515 e. The Morgan fingerprint density at radius 2 is 1.20 bits per heavy atom. The van der Waals surface area contributed by atoms with Gasteiger partial charge in [-0.3, -0.25) is 4.79 Å². The van der Waals surface area contributed by atoms with E-state index in [-0.39, 0.29) is 12.3 Å². The number of carbonyl (C=O) groups is 2. The van der Waals surface area contributed by atoms with Gasteiger partial charge in [0.2, 0.25) is 14.2 Å². The zero-order valence-corrected chi connectivity index (χ0v) is 38.3. The average molecular weight is 755 g/mol. The molecule has 0 fully saturated rings. The van der Waals surface area contributed by atoms with E-state index in [2.05, 4.69) is 89.0 Å². The number of oxime groups is 1. The van der Waals surface area contributed by atoms with Crippen molar-refractivity contribution in [1.29, 1.82) is 0 Å². The van der Waals surface area contributed by atoms with Crippen LogP contribution in [0.25, 0.3) is 0 Å². The molecular formula is C29H66N2O9Si6. The fraction of sp³-hybridized carbons (Fsp3) is 0.897. The molecular weight excluding hydrogens is 689 g/mol. The van der Waals surface area contributed by atoms with Gasteiger partial charge in [0.05, 0.1) is 43.1 Å². The Kier molecular flexibility index (Phi) is 14.8. The van der Waals surface area contributed by atoms with Crippen molar-refractivity contribution >= 4 is 67.5 Å². The molecule has 270 valence electrons. The van der Waals surface area contributed by atoms with E-state index in [0.29, 0.717) is 12.3 Å². The van der Waals surface area contributed by atoms with E-state index in [9.17, 15) is 9.59 Å². The molecule has 0 radical (unpaired) electrons. The van der Waals surface area contributed by atoms with Gasteiger partial charge >= 0.3 is 11.8 Å². The van der Waals surface area contributed by atoms with Crippen LogP contribution >= 0.6 is 0 Å². The van der Waals surface area contributed by atoms with Crippen LogP contribution in [0.15, 0.2) is 5.16 Å². The van der Waals surface area contributed by atoms with Crippen LogP contribution in [-0.4, -0.2) is 104 Å². The summed E-state index contributed by atoms with van der Waals surface area (Å²) >= 11 is 0. The highest BCUT2D eigenvalue weighted by Crippen LogP contribution is 2.35. The molecule has 0 spiro atoms. The molecule has 1 N–H and O–H groups in total. The van der Waals surface area contributed by atoms with Gasteiger partial charge in [0.15, 0.2) is 41.6 Å². The molecule has 1 unspecified atom stereocenters. The van der Waals surface area contributed by atoms with E-state index in [0.717, 1.165) is 0 Å². The summed E-state index contributed by atoms with van der Waals surface area (Å²) in [5.41, 5.74) is 0.422. The van der Waals surface area contributed by atoms with E-state index in [4.69, 9.17) is 31.4 Å². The van der Waals surface area contributed by atoms with Crippen molar-refractivity contribution in [2.75, 3.05) is 6.61 Å². The monoisotopic (exact) mass is 754 g/mol. The van der Waals surface area contributed by atoms with Crippen molar-refractivity contribution in [2.45, 2.75) is 161 Å². The minimum absolute atomic E-state index is 0.0261. The predicted molar refractivity (Wildman–Crippen MR) is 201 cm³/mol. The van der Waals surface area contributed by atoms with Crippen LogP contribution in [0.3, 0.4) is 0 Å². The van der Waals surface area contributed by atoms with Gasteiger partial charge in [-0.2, -0.15) is 0 Å². The molecule has 46 heavy (non-hydrogen) atoms. The van der Waals surface area contributed by atoms with Crippen molar-refractivity contribution in [2.24, 2.45) is 5.16 Å². The zero-order chi connectivity index (χ0) is 36.3. The molecule has 1 aliphatic rings. The van der Waals surface area contributed by atoms with Crippen molar-refractivity contribution in [3.8, 4) is 0 Å². The quantitative estimate of drug-likeness (QED) is 0.152. The third-order valence-corrected chi connectivity index (χ3v) is 11.5. The van der Waals surface area contributed by atoms with Gasteiger partial charge in [0, 0.05) is 6.92 Å². The van der Waals surface area contributed by atoms with Crippen LogP contribution in [-0.2, 0) is 41.0 Å². The second-order valence-corrected chi connectivity index (χ2v) is 44.8. The molecule has 1 rings (SSSR count). The third-order valence-electron chi connectivity index (χ3n) is 5.81. The van der Waals surface area contributed by atoms with Gasteiger partial charge in [-0.25, -0.2) is 4.79 Å². The van der Waals surface area contributed by atoms with E-state index in [1.807, 2.05) is 39.3 Å². The highest BCUT2D eigenvalue weighted by Gasteiger charge is 2.56. The summed E-state index contributed by atoms with van der Waals surface area (Å²) < 4.78 is 39.7. The Bertz CT molecular complexity index is 1070. The Morgan fingerprint density at radius 3 is 1.59 bits per heavy atom. The summed E-state index contributed by atoms with van der Waals surface area (Å²) in [7, 11) is -13.3. The minimum atomic E-state index is -2.36. The van der Waals surface area contributed by atoms with Gasteiger partial charge in [0.1, 0.15) is 0 Å². The first-order valence-corrected chi connectivity index (χ1v) is 36.8. The van der Waals surface area contributed by atoms with Crippen molar-refractivity contribution < 1.29 is 41.0 Å². The Balaban J connectivity index is 3.92. The summed E-state index contributed by atoms with van der Waals surface area (Å²) in [5, 5.41) is 7.58. The second kappa shape index (κ2) is 15.6. The van der Waals surface area contributed by atoms with Gasteiger partial charge in [-0.15, -0.1) is 0 Å². The maximum atomic E-state index is 13.8. The van der Waals surface area contributed by atoms with E-state index >= 15 is 0 Å². The molecule has 0 aromatic heterocycles. The molecule has 0 aliphatic carbocycles. The van der Waals surface area contributed by atoms with Crippen LogP contribution in [0.2, 0.25) is 118 Å². The number of hydrogen-bond donors (Lipinski definition) is 1. The topological polar surface area (TPSA) is 123 Å². The molecule has 1 aliphatic heterocycles.